The summed E-state index contributed by atoms with van der Waals surface area (Å²) in [6.45, 7) is 1.79. The SMILES string of the molecule is COc1ccc(Cl)c(-c2cc3ncnc(N4CCN(C(=O)c5ccc([N+](=O)[O-])o5)CC4)c3cc2Cl)c1. The molecule has 0 N–H and O–H groups in total. The average molecular weight is 528 g/mol. The first-order chi connectivity index (χ1) is 17.4. The molecule has 0 saturated carbocycles. The predicted octanol–water partition coefficient (Wildman–Crippen LogP) is 5.08. The number of benzene rings is 2. The van der Waals surface area contributed by atoms with Gasteiger partial charge in [-0.05, 0) is 36.4 Å². The van der Waals surface area contributed by atoms with Crippen molar-refractivity contribution in [2.45, 2.75) is 0 Å². The average Bonchev–Trinajstić information content (AvgIpc) is 3.39. The number of nitrogens with zero attached hydrogens (tertiary/aromatic N) is 5. The van der Waals surface area contributed by atoms with E-state index in [2.05, 4.69) is 9.97 Å². The van der Waals surface area contributed by atoms with Crippen molar-refractivity contribution < 1.29 is 18.9 Å². The van der Waals surface area contributed by atoms with E-state index >= 15 is 0 Å². The van der Waals surface area contributed by atoms with Gasteiger partial charge >= 0.3 is 5.88 Å². The third-order valence-electron chi connectivity index (χ3n) is 6.02. The van der Waals surface area contributed by atoms with Crippen molar-refractivity contribution in [3.8, 4) is 16.9 Å². The van der Waals surface area contributed by atoms with Gasteiger partial charge < -0.3 is 19.0 Å². The number of amides is 1. The van der Waals surface area contributed by atoms with Crippen molar-refractivity contribution in [3.63, 3.8) is 0 Å². The minimum atomic E-state index is -0.673. The molecule has 36 heavy (non-hydrogen) atoms. The van der Waals surface area contributed by atoms with Gasteiger partial charge in [-0.25, -0.2) is 9.97 Å². The van der Waals surface area contributed by atoms with Crippen LogP contribution < -0.4 is 9.64 Å². The molecule has 3 heterocycles. The lowest BCUT2D eigenvalue weighted by Gasteiger charge is -2.35. The Balaban J connectivity index is 1.39. The standard InChI is InChI=1S/C24H19Cl2N5O5/c1-35-14-2-3-18(25)15(10-14)16-12-20-17(11-19(16)26)23(28-13-27-20)29-6-8-30(9-7-29)24(32)21-4-5-22(36-21)31(33)34/h2-5,10-13H,6-9H2,1H3. The molecular weight excluding hydrogens is 509 g/mol. The van der Waals surface area contributed by atoms with Gasteiger partial charge in [-0.3, -0.25) is 14.9 Å². The fourth-order valence-corrected chi connectivity index (χ4v) is 4.66. The number of halogens is 2. The number of piperazine rings is 1. The largest absolute Gasteiger partial charge is 0.497 e. The summed E-state index contributed by atoms with van der Waals surface area (Å²) in [5.41, 5.74) is 2.15. The Morgan fingerprint density at radius 1 is 1.03 bits per heavy atom. The molecule has 1 amide bonds. The molecule has 12 heteroatoms. The molecule has 10 nitrogen and oxygen atoms in total. The molecule has 1 aliphatic heterocycles. The molecule has 0 bridgehead atoms. The molecule has 2 aromatic heterocycles. The van der Waals surface area contributed by atoms with E-state index in [0.29, 0.717) is 53.3 Å². The van der Waals surface area contributed by atoms with E-state index in [1.807, 2.05) is 23.1 Å². The summed E-state index contributed by atoms with van der Waals surface area (Å²) in [7, 11) is 1.58. The van der Waals surface area contributed by atoms with Gasteiger partial charge in [-0.15, -0.1) is 0 Å². The molecular formula is C24H19Cl2N5O5. The van der Waals surface area contributed by atoms with Crippen LogP contribution in [0.5, 0.6) is 5.75 Å². The fraction of sp³-hybridized carbons (Fsp3) is 0.208. The van der Waals surface area contributed by atoms with Crippen LogP contribution in [0.2, 0.25) is 10.0 Å². The lowest BCUT2D eigenvalue weighted by molar-refractivity contribution is -0.402. The number of carbonyl (C=O) groups excluding carboxylic acids is 1. The van der Waals surface area contributed by atoms with Crippen molar-refractivity contribution in [1.82, 2.24) is 14.9 Å². The highest BCUT2D eigenvalue weighted by Gasteiger charge is 2.27. The Bertz CT molecular complexity index is 1480. The summed E-state index contributed by atoms with van der Waals surface area (Å²) >= 11 is 13.1. The van der Waals surface area contributed by atoms with Crippen LogP contribution in [0.25, 0.3) is 22.0 Å². The number of methoxy groups -OCH3 is 1. The third-order valence-corrected chi connectivity index (χ3v) is 6.66. The van der Waals surface area contributed by atoms with Gasteiger partial charge in [0.25, 0.3) is 5.91 Å². The van der Waals surface area contributed by atoms with Gasteiger partial charge in [-0.2, -0.15) is 0 Å². The summed E-state index contributed by atoms with van der Waals surface area (Å²) in [4.78, 5) is 35.4. The van der Waals surface area contributed by atoms with Crippen LogP contribution in [-0.4, -0.2) is 59.0 Å². The maximum Gasteiger partial charge on any atom is 0.433 e. The molecule has 0 radical (unpaired) electrons. The highest BCUT2D eigenvalue weighted by Crippen LogP contribution is 2.39. The highest BCUT2D eigenvalue weighted by atomic mass is 35.5. The van der Waals surface area contributed by atoms with E-state index in [4.69, 9.17) is 32.4 Å². The van der Waals surface area contributed by atoms with Crippen LogP contribution >= 0.6 is 23.2 Å². The zero-order valence-corrected chi connectivity index (χ0v) is 20.5. The Morgan fingerprint density at radius 3 is 2.47 bits per heavy atom. The predicted molar refractivity (Wildman–Crippen MR) is 135 cm³/mol. The second kappa shape index (κ2) is 9.63. The molecule has 0 spiro atoms. The second-order valence-electron chi connectivity index (χ2n) is 8.07. The summed E-state index contributed by atoms with van der Waals surface area (Å²) in [5.74, 6) is 0.448. The third kappa shape index (κ3) is 4.40. The number of rotatable bonds is 5. The Kier molecular flexibility index (Phi) is 6.38. The number of hydrogen-bond acceptors (Lipinski definition) is 8. The van der Waals surface area contributed by atoms with Crippen LogP contribution in [0.3, 0.4) is 0 Å². The van der Waals surface area contributed by atoms with Crippen LogP contribution in [0.1, 0.15) is 10.6 Å². The summed E-state index contributed by atoms with van der Waals surface area (Å²) in [6.07, 6.45) is 1.49. The first-order valence-electron chi connectivity index (χ1n) is 10.9. The van der Waals surface area contributed by atoms with Crippen molar-refractivity contribution in [2.24, 2.45) is 0 Å². The van der Waals surface area contributed by atoms with Crippen molar-refractivity contribution in [3.05, 3.63) is 74.7 Å². The number of ether oxygens (including phenoxy) is 1. The van der Waals surface area contributed by atoms with Crippen molar-refractivity contribution in [1.29, 1.82) is 0 Å². The van der Waals surface area contributed by atoms with Crippen molar-refractivity contribution >= 4 is 51.7 Å². The quantitative estimate of drug-likeness (QED) is 0.260. The minimum absolute atomic E-state index is 0.0573. The van der Waals surface area contributed by atoms with Crippen molar-refractivity contribution in [2.75, 3.05) is 38.2 Å². The van der Waals surface area contributed by atoms with E-state index < -0.39 is 16.7 Å². The van der Waals surface area contributed by atoms with Gasteiger partial charge in [0.05, 0.1) is 18.7 Å². The van der Waals surface area contributed by atoms with E-state index in [0.717, 1.165) is 16.5 Å². The van der Waals surface area contributed by atoms with Crippen LogP contribution in [0.15, 0.2) is 53.2 Å². The molecule has 1 aliphatic rings. The molecule has 184 valence electrons. The number of carbonyl (C=O) groups is 1. The molecule has 0 aliphatic carbocycles. The highest BCUT2D eigenvalue weighted by molar-refractivity contribution is 6.37. The second-order valence-corrected chi connectivity index (χ2v) is 8.88. The summed E-state index contributed by atoms with van der Waals surface area (Å²) in [5, 5.41) is 12.6. The van der Waals surface area contributed by atoms with Gasteiger partial charge in [0.2, 0.25) is 0 Å². The van der Waals surface area contributed by atoms with E-state index in [9.17, 15) is 14.9 Å². The number of anilines is 1. The zero-order valence-electron chi connectivity index (χ0n) is 19.0. The number of furan rings is 1. The molecule has 1 fully saturated rings. The lowest BCUT2D eigenvalue weighted by atomic mass is 10.0. The van der Waals surface area contributed by atoms with Crippen LogP contribution in [-0.2, 0) is 0 Å². The molecule has 0 unspecified atom stereocenters. The van der Waals surface area contributed by atoms with E-state index in [1.54, 1.807) is 24.1 Å². The Labute approximate surface area is 215 Å². The number of hydrogen-bond donors (Lipinski definition) is 0. The van der Waals surface area contributed by atoms with Gasteiger partial charge in [-0.1, -0.05) is 23.2 Å². The number of nitro groups is 1. The molecule has 1 saturated heterocycles. The Hall–Kier alpha value is -3.89. The van der Waals surface area contributed by atoms with Crippen LogP contribution in [0, 0.1) is 10.1 Å². The normalized spacial score (nSPS) is 13.8. The molecule has 4 aromatic rings. The first kappa shape index (κ1) is 23.8. The topological polar surface area (TPSA) is 115 Å². The fourth-order valence-electron chi connectivity index (χ4n) is 4.18. The summed E-state index contributed by atoms with van der Waals surface area (Å²) < 4.78 is 10.4. The maximum absolute atomic E-state index is 12.7. The minimum Gasteiger partial charge on any atom is -0.497 e. The summed E-state index contributed by atoms with van der Waals surface area (Å²) in [6, 6.07) is 11.5. The maximum atomic E-state index is 12.7. The number of fused-ring (bicyclic) bond motifs is 1. The Morgan fingerprint density at radius 2 is 1.78 bits per heavy atom. The zero-order chi connectivity index (χ0) is 25.4. The smallest absolute Gasteiger partial charge is 0.433 e. The van der Waals surface area contributed by atoms with Crippen LogP contribution in [0.4, 0.5) is 11.7 Å². The lowest BCUT2D eigenvalue weighted by Crippen LogP contribution is -2.49. The molecule has 2 aromatic carbocycles. The van der Waals surface area contributed by atoms with Gasteiger partial charge in [0.15, 0.2) is 5.76 Å². The van der Waals surface area contributed by atoms with E-state index in [-0.39, 0.29) is 5.76 Å². The monoisotopic (exact) mass is 527 g/mol. The number of aromatic nitrogens is 2. The molecule has 0 atom stereocenters. The first-order valence-corrected chi connectivity index (χ1v) is 11.7. The molecule has 5 rings (SSSR count). The van der Waals surface area contributed by atoms with E-state index in [1.165, 1.54) is 18.5 Å². The van der Waals surface area contributed by atoms with Gasteiger partial charge in [0, 0.05) is 52.7 Å². The van der Waals surface area contributed by atoms with Gasteiger partial charge in [0.1, 0.15) is 22.8 Å².